The lowest BCUT2D eigenvalue weighted by Gasteiger charge is -2.23. The number of nitrogens with one attached hydrogen (secondary N) is 1. The smallest absolute Gasteiger partial charge is 0.123 e. The third kappa shape index (κ3) is 6.46. The highest BCUT2D eigenvalue weighted by atomic mass is 19.1. The first kappa shape index (κ1) is 17.1. The van der Waals surface area contributed by atoms with Gasteiger partial charge in [-0.15, -0.1) is 0 Å². The predicted octanol–water partition coefficient (Wildman–Crippen LogP) is 2.57. The minimum atomic E-state index is -0.259. The topological polar surface area (TPSA) is 35.5 Å². The summed E-state index contributed by atoms with van der Waals surface area (Å²) in [6, 6.07) is 6.97. The fourth-order valence-electron chi connectivity index (χ4n) is 2.22. The second kappa shape index (κ2) is 9.06. The van der Waals surface area contributed by atoms with Crippen LogP contribution in [0.15, 0.2) is 24.3 Å². The van der Waals surface area contributed by atoms with Crippen LogP contribution in [0.5, 0.6) is 0 Å². The number of aliphatic hydroxyl groups is 1. The van der Waals surface area contributed by atoms with Crippen molar-refractivity contribution in [3.8, 4) is 0 Å². The van der Waals surface area contributed by atoms with Crippen molar-refractivity contribution in [1.29, 1.82) is 0 Å². The number of hydrogen-bond acceptors (Lipinski definition) is 3. The Bertz CT molecular complexity index is 384. The van der Waals surface area contributed by atoms with Crippen LogP contribution < -0.4 is 5.32 Å². The molecule has 3 nitrogen and oxygen atoms in total. The molecule has 0 aromatic heterocycles. The van der Waals surface area contributed by atoms with Crippen molar-refractivity contribution in [2.45, 2.75) is 38.8 Å². The first-order chi connectivity index (χ1) is 9.52. The highest BCUT2D eigenvalue weighted by molar-refractivity contribution is 5.20. The van der Waals surface area contributed by atoms with Crippen LogP contribution in [0.3, 0.4) is 0 Å². The van der Waals surface area contributed by atoms with E-state index in [1.54, 1.807) is 12.1 Å². The molecule has 0 radical (unpaired) electrons. The van der Waals surface area contributed by atoms with Gasteiger partial charge in [0.15, 0.2) is 0 Å². The van der Waals surface area contributed by atoms with E-state index in [1.165, 1.54) is 6.07 Å². The quantitative estimate of drug-likeness (QED) is 0.731. The molecule has 0 spiro atoms. The number of hydrogen-bond donors (Lipinski definition) is 2. The molecular formula is C16H27FN2O. The summed E-state index contributed by atoms with van der Waals surface area (Å²) in [5.74, 6) is -0.187. The van der Waals surface area contributed by atoms with Crippen molar-refractivity contribution in [1.82, 2.24) is 10.2 Å². The van der Waals surface area contributed by atoms with Crippen LogP contribution in [-0.4, -0.2) is 42.8 Å². The van der Waals surface area contributed by atoms with Gasteiger partial charge in [0, 0.05) is 12.6 Å². The van der Waals surface area contributed by atoms with Gasteiger partial charge in [-0.1, -0.05) is 19.1 Å². The zero-order valence-electron chi connectivity index (χ0n) is 12.8. The molecule has 4 heteroatoms. The van der Waals surface area contributed by atoms with Crippen molar-refractivity contribution in [2.24, 2.45) is 0 Å². The van der Waals surface area contributed by atoms with E-state index in [9.17, 15) is 9.50 Å². The van der Waals surface area contributed by atoms with E-state index in [-0.39, 0.29) is 18.0 Å². The summed E-state index contributed by atoms with van der Waals surface area (Å²) in [7, 11) is 2.05. The van der Waals surface area contributed by atoms with Crippen molar-refractivity contribution in [3.05, 3.63) is 35.6 Å². The van der Waals surface area contributed by atoms with Crippen molar-refractivity contribution in [2.75, 3.05) is 26.7 Å². The van der Waals surface area contributed by atoms with Crippen LogP contribution in [0.25, 0.3) is 0 Å². The number of nitrogens with zero attached hydrogens (tertiary/aromatic N) is 1. The summed E-state index contributed by atoms with van der Waals surface area (Å²) in [4.78, 5) is 2.20. The second-order valence-electron chi connectivity index (χ2n) is 5.39. The average molecular weight is 282 g/mol. The van der Waals surface area contributed by atoms with Crippen molar-refractivity contribution >= 4 is 0 Å². The molecular weight excluding hydrogens is 255 g/mol. The summed E-state index contributed by atoms with van der Waals surface area (Å²) in [5, 5.41) is 12.7. The van der Waals surface area contributed by atoms with Crippen LogP contribution in [0.4, 0.5) is 4.39 Å². The Labute approximate surface area is 121 Å². The maximum atomic E-state index is 13.3. The molecule has 1 aromatic rings. The molecule has 1 rings (SSSR count). The van der Waals surface area contributed by atoms with E-state index in [1.807, 2.05) is 13.0 Å². The van der Waals surface area contributed by atoms with E-state index in [4.69, 9.17) is 0 Å². The lowest BCUT2D eigenvalue weighted by molar-refractivity contribution is 0.163. The van der Waals surface area contributed by atoms with Crippen LogP contribution in [0.1, 0.15) is 38.3 Å². The van der Waals surface area contributed by atoms with Crippen LogP contribution in [0, 0.1) is 5.82 Å². The lowest BCUT2D eigenvalue weighted by Crippen LogP contribution is -2.29. The average Bonchev–Trinajstić information content (AvgIpc) is 2.41. The zero-order valence-corrected chi connectivity index (χ0v) is 12.8. The third-order valence-electron chi connectivity index (χ3n) is 3.43. The summed E-state index contributed by atoms with van der Waals surface area (Å²) in [6.45, 7) is 6.52. The molecule has 2 N–H and O–H groups in total. The Morgan fingerprint density at radius 1 is 1.30 bits per heavy atom. The van der Waals surface area contributed by atoms with Gasteiger partial charge in [0.2, 0.25) is 0 Å². The van der Waals surface area contributed by atoms with Gasteiger partial charge in [-0.2, -0.15) is 0 Å². The zero-order chi connectivity index (χ0) is 15.0. The molecule has 2 atom stereocenters. The fraction of sp³-hybridized carbons (Fsp3) is 0.625. The molecule has 1 aromatic carbocycles. The molecule has 114 valence electrons. The van der Waals surface area contributed by atoms with Gasteiger partial charge in [-0.05, 0) is 57.6 Å². The van der Waals surface area contributed by atoms with Gasteiger partial charge < -0.3 is 15.3 Å². The molecule has 0 aliphatic rings. The van der Waals surface area contributed by atoms with Crippen LogP contribution in [0.2, 0.25) is 0 Å². The summed E-state index contributed by atoms with van der Waals surface area (Å²) < 4.78 is 13.3. The Balaban J connectivity index is 2.51. The molecule has 20 heavy (non-hydrogen) atoms. The monoisotopic (exact) mass is 282 g/mol. The molecule has 0 aliphatic carbocycles. The molecule has 0 saturated carbocycles. The molecule has 0 aliphatic heterocycles. The molecule has 0 bridgehead atoms. The number of rotatable bonds is 9. The maximum Gasteiger partial charge on any atom is 0.123 e. The molecule has 2 unspecified atom stereocenters. The lowest BCUT2D eigenvalue weighted by atomic mass is 10.0. The highest BCUT2D eigenvalue weighted by Crippen LogP contribution is 2.18. The fourth-order valence-corrected chi connectivity index (χ4v) is 2.22. The Kier molecular flexibility index (Phi) is 7.73. The van der Waals surface area contributed by atoms with Crippen molar-refractivity contribution in [3.63, 3.8) is 0 Å². The van der Waals surface area contributed by atoms with Gasteiger partial charge in [-0.3, -0.25) is 0 Å². The molecule has 0 amide bonds. The molecule has 0 saturated heterocycles. The van der Waals surface area contributed by atoms with Gasteiger partial charge in [0.05, 0.1) is 6.10 Å². The summed E-state index contributed by atoms with van der Waals surface area (Å²) >= 11 is 0. The third-order valence-corrected chi connectivity index (χ3v) is 3.43. The van der Waals surface area contributed by atoms with E-state index >= 15 is 0 Å². The van der Waals surface area contributed by atoms with Gasteiger partial charge in [0.1, 0.15) is 5.82 Å². The highest BCUT2D eigenvalue weighted by Gasteiger charge is 2.12. The molecule has 0 fully saturated rings. The van der Waals surface area contributed by atoms with Crippen LogP contribution >= 0.6 is 0 Å². The SMILES string of the molecule is CCNC(CCN(C)CCC(C)O)c1cccc(F)c1. The Hall–Kier alpha value is -0.970. The minimum absolute atomic E-state index is 0.171. The predicted molar refractivity (Wildman–Crippen MR) is 81.2 cm³/mol. The maximum absolute atomic E-state index is 13.3. The first-order valence-electron chi connectivity index (χ1n) is 7.38. The Morgan fingerprint density at radius 3 is 2.60 bits per heavy atom. The Morgan fingerprint density at radius 2 is 2.00 bits per heavy atom. The summed E-state index contributed by atoms with van der Waals surface area (Å²) in [5.41, 5.74) is 0.996. The van der Waals surface area contributed by atoms with E-state index in [0.29, 0.717) is 0 Å². The molecule has 0 heterocycles. The largest absolute Gasteiger partial charge is 0.393 e. The van der Waals surface area contributed by atoms with Gasteiger partial charge >= 0.3 is 0 Å². The number of benzene rings is 1. The van der Waals surface area contributed by atoms with E-state index in [2.05, 4.69) is 24.2 Å². The number of halogens is 1. The van der Waals surface area contributed by atoms with E-state index < -0.39 is 0 Å². The summed E-state index contributed by atoms with van der Waals surface area (Å²) in [6.07, 6.45) is 1.45. The van der Waals surface area contributed by atoms with Gasteiger partial charge in [-0.25, -0.2) is 4.39 Å². The normalized spacial score (nSPS) is 14.5. The van der Waals surface area contributed by atoms with E-state index in [0.717, 1.165) is 38.0 Å². The second-order valence-corrected chi connectivity index (χ2v) is 5.39. The van der Waals surface area contributed by atoms with Gasteiger partial charge in [0.25, 0.3) is 0 Å². The van der Waals surface area contributed by atoms with Crippen molar-refractivity contribution < 1.29 is 9.50 Å². The first-order valence-corrected chi connectivity index (χ1v) is 7.38. The van der Waals surface area contributed by atoms with Crippen LogP contribution in [-0.2, 0) is 0 Å². The standard InChI is InChI=1S/C16H27FN2O/c1-4-18-16(14-6-5-7-15(17)12-14)9-11-19(3)10-8-13(2)20/h5-7,12-13,16,18,20H,4,8-11H2,1-3H3. The minimum Gasteiger partial charge on any atom is -0.393 e. The number of aliphatic hydroxyl groups excluding tert-OH is 1.